The number of thioether (sulfide) groups is 1. The summed E-state index contributed by atoms with van der Waals surface area (Å²) in [5, 5.41) is 12.0. The van der Waals surface area contributed by atoms with Gasteiger partial charge in [-0.15, -0.1) is 11.8 Å². The lowest BCUT2D eigenvalue weighted by molar-refractivity contribution is -0.137. The molecule has 0 spiro atoms. The minimum absolute atomic E-state index is 0.0349. The normalized spacial score (nSPS) is 12.0. The third-order valence-electron chi connectivity index (χ3n) is 3.70. The van der Waals surface area contributed by atoms with Crippen LogP contribution < -0.4 is 5.32 Å². The van der Waals surface area contributed by atoms with Crippen LogP contribution >= 0.6 is 23.4 Å². The Morgan fingerprint density at radius 1 is 1.27 bits per heavy atom. The highest BCUT2D eigenvalue weighted by Gasteiger charge is 2.22. The van der Waals surface area contributed by atoms with E-state index in [1.54, 1.807) is 23.9 Å². The number of nitrogens with zero attached hydrogens (tertiary/aromatic N) is 2. The first kappa shape index (κ1) is 20.2. The molecule has 1 heterocycles. The van der Waals surface area contributed by atoms with E-state index in [0.717, 1.165) is 4.90 Å². The topological polar surface area (TPSA) is 92.2 Å². The minimum atomic E-state index is -1.01. The van der Waals surface area contributed by atoms with Gasteiger partial charge in [-0.3, -0.25) is 9.59 Å². The number of amides is 1. The number of aromatic nitrogens is 2. The van der Waals surface area contributed by atoms with Gasteiger partial charge in [-0.05, 0) is 24.0 Å². The Balaban J connectivity index is 2.28. The zero-order valence-corrected chi connectivity index (χ0v) is 16.3. The Labute approximate surface area is 161 Å². The first-order valence-electron chi connectivity index (χ1n) is 8.00. The Bertz CT molecular complexity index is 797. The van der Waals surface area contributed by atoms with E-state index in [0.29, 0.717) is 11.4 Å². The number of hydrogen-bond acceptors (Lipinski definition) is 5. The first-order valence-corrected chi connectivity index (χ1v) is 9.61. The van der Waals surface area contributed by atoms with Gasteiger partial charge in [0, 0.05) is 10.8 Å². The molecule has 0 aliphatic heterocycles. The van der Waals surface area contributed by atoms with Crippen molar-refractivity contribution in [2.45, 2.75) is 37.1 Å². The highest BCUT2D eigenvalue weighted by Crippen LogP contribution is 2.23. The number of carboxylic acid groups (broad SMARTS) is 1. The summed E-state index contributed by atoms with van der Waals surface area (Å²) in [7, 11) is 0. The van der Waals surface area contributed by atoms with E-state index >= 15 is 0 Å². The average molecular weight is 394 g/mol. The monoisotopic (exact) mass is 393 g/mol. The van der Waals surface area contributed by atoms with Crippen LogP contribution in [0.15, 0.2) is 35.4 Å². The molecule has 0 bridgehead atoms. The van der Waals surface area contributed by atoms with Gasteiger partial charge >= 0.3 is 5.97 Å². The van der Waals surface area contributed by atoms with Crippen molar-refractivity contribution in [1.29, 1.82) is 0 Å². The fourth-order valence-electron chi connectivity index (χ4n) is 2.31. The largest absolute Gasteiger partial charge is 0.481 e. The number of nitrogens with one attached hydrogen (secondary N) is 1. The molecule has 0 saturated heterocycles. The van der Waals surface area contributed by atoms with Gasteiger partial charge < -0.3 is 10.4 Å². The van der Waals surface area contributed by atoms with Crippen LogP contribution in [0.25, 0.3) is 0 Å². The van der Waals surface area contributed by atoms with Crippen LogP contribution in [-0.4, -0.2) is 33.2 Å². The van der Waals surface area contributed by atoms with Gasteiger partial charge in [-0.1, -0.05) is 37.6 Å². The predicted molar refractivity (Wildman–Crippen MR) is 102 cm³/mol. The van der Waals surface area contributed by atoms with Gasteiger partial charge in [0.15, 0.2) is 0 Å². The van der Waals surface area contributed by atoms with Gasteiger partial charge in [0.2, 0.25) is 0 Å². The highest BCUT2D eigenvalue weighted by molar-refractivity contribution is 7.98. The maximum absolute atomic E-state index is 12.6. The number of carbonyl (C=O) groups excluding carboxylic acids is 1. The molecular weight excluding hydrogens is 374 g/mol. The number of hydrogen-bond donors (Lipinski definition) is 2. The molecule has 0 fully saturated rings. The molecule has 2 aromatic rings. The predicted octanol–water partition coefficient (Wildman–Crippen LogP) is 3.92. The lowest BCUT2D eigenvalue weighted by Crippen LogP contribution is -2.31. The molecule has 0 saturated carbocycles. The molecule has 1 atom stereocenters. The molecule has 0 aliphatic rings. The Kier molecular flexibility index (Phi) is 6.99. The third kappa shape index (κ3) is 5.19. The molecule has 1 amide bonds. The summed E-state index contributed by atoms with van der Waals surface area (Å²) in [6.07, 6.45) is 3.09. The fourth-order valence-corrected chi connectivity index (χ4v) is 2.89. The van der Waals surface area contributed by atoms with Crippen molar-refractivity contribution in [2.24, 2.45) is 0 Å². The number of carboxylic acids is 1. The van der Waals surface area contributed by atoms with Crippen LogP contribution in [0.1, 0.15) is 54.1 Å². The van der Waals surface area contributed by atoms with Gasteiger partial charge in [0.05, 0.1) is 23.7 Å². The van der Waals surface area contributed by atoms with Gasteiger partial charge in [-0.25, -0.2) is 9.97 Å². The molecule has 1 aromatic heterocycles. The van der Waals surface area contributed by atoms with Crippen LogP contribution in [0, 0.1) is 0 Å². The lowest BCUT2D eigenvalue weighted by Gasteiger charge is -2.18. The molecule has 1 aromatic carbocycles. The Morgan fingerprint density at radius 3 is 2.46 bits per heavy atom. The maximum Gasteiger partial charge on any atom is 0.305 e. The van der Waals surface area contributed by atoms with Crippen molar-refractivity contribution < 1.29 is 14.7 Å². The first-order chi connectivity index (χ1) is 12.3. The summed E-state index contributed by atoms with van der Waals surface area (Å²) in [6.45, 7) is 3.82. The second-order valence-corrected chi connectivity index (χ2v) is 7.26. The summed E-state index contributed by atoms with van der Waals surface area (Å²) in [6, 6.07) is 6.69. The highest BCUT2D eigenvalue weighted by atomic mass is 35.5. The van der Waals surface area contributed by atoms with Crippen molar-refractivity contribution in [3.8, 4) is 0 Å². The fraction of sp³-hybridized carbons (Fsp3) is 0.333. The zero-order chi connectivity index (χ0) is 19.3. The molecule has 26 heavy (non-hydrogen) atoms. The lowest BCUT2D eigenvalue weighted by atomic mass is 10.0. The zero-order valence-electron chi connectivity index (χ0n) is 14.7. The number of benzene rings is 1. The molecule has 2 rings (SSSR count). The van der Waals surface area contributed by atoms with Gasteiger partial charge in [-0.2, -0.15) is 0 Å². The van der Waals surface area contributed by atoms with E-state index in [-0.39, 0.29) is 23.1 Å². The minimum Gasteiger partial charge on any atom is -0.481 e. The van der Waals surface area contributed by atoms with Crippen molar-refractivity contribution >= 4 is 35.2 Å². The second kappa shape index (κ2) is 9.00. The number of halogens is 1. The third-order valence-corrected chi connectivity index (χ3v) is 4.72. The second-order valence-electron chi connectivity index (χ2n) is 5.98. The summed E-state index contributed by atoms with van der Waals surface area (Å²) < 4.78 is 0. The maximum atomic E-state index is 12.6. The van der Waals surface area contributed by atoms with Crippen LogP contribution in [0.5, 0.6) is 0 Å². The van der Waals surface area contributed by atoms with Crippen molar-refractivity contribution in [2.75, 3.05) is 6.26 Å². The van der Waals surface area contributed by atoms with Crippen molar-refractivity contribution in [3.05, 3.63) is 52.6 Å². The van der Waals surface area contributed by atoms with Crippen molar-refractivity contribution in [3.63, 3.8) is 0 Å². The molecule has 6 nitrogen and oxygen atoms in total. The molecule has 138 valence electrons. The van der Waals surface area contributed by atoms with Crippen LogP contribution in [0.4, 0.5) is 0 Å². The molecular formula is C18H20ClN3O3S. The average Bonchev–Trinajstić information content (AvgIpc) is 2.61. The van der Waals surface area contributed by atoms with Gasteiger partial charge in [0.25, 0.3) is 5.91 Å². The number of rotatable bonds is 7. The van der Waals surface area contributed by atoms with E-state index in [9.17, 15) is 14.7 Å². The molecule has 1 unspecified atom stereocenters. The summed E-state index contributed by atoms with van der Waals surface area (Å²) in [5.74, 6) is -1.01. The van der Waals surface area contributed by atoms with Crippen LogP contribution in [0.2, 0.25) is 5.02 Å². The number of aliphatic carboxylic acids is 1. The Morgan fingerprint density at radius 2 is 1.92 bits per heavy atom. The van der Waals surface area contributed by atoms with Crippen molar-refractivity contribution in [1.82, 2.24) is 15.3 Å². The number of carbonyl (C=O) groups is 2. The van der Waals surface area contributed by atoms with Gasteiger partial charge in [0.1, 0.15) is 11.5 Å². The molecule has 2 N–H and O–H groups in total. The van der Waals surface area contributed by atoms with Crippen LogP contribution in [-0.2, 0) is 4.79 Å². The quantitative estimate of drug-likeness (QED) is 0.692. The smallest absolute Gasteiger partial charge is 0.305 e. The van der Waals surface area contributed by atoms with E-state index in [1.807, 2.05) is 32.2 Å². The van der Waals surface area contributed by atoms with E-state index < -0.39 is 17.9 Å². The van der Waals surface area contributed by atoms with E-state index in [4.69, 9.17) is 11.6 Å². The van der Waals surface area contributed by atoms with Crippen LogP contribution in [0.3, 0.4) is 0 Å². The van der Waals surface area contributed by atoms with E-state index in [1.165, 1.54) is 6.20 Å². The molecule has 8 heteroatoms. The summed E-state index contributed by atoms with van der Waals surface area (Å²) >= 11 is 7.65. The standard InChI is InChI=1S/C18H20ClN3O3S/c1-10(2)17-20-9-13(19)16(22-17)18(25)21-14(8-15(23)24)11-4-6-12(26-3)7-5-11/h4-7,9-10,14H,8H2,1-3H3,(H,21,25)(H,23,24). The molecule has 0 aliphatic carbocycles. The van der Waals surface area contributed by atoms with E-state index in [2.05, 4.69) is 15.3 Å². The summed E-state index contributed by atoms with van der Waals surface area (Å²) in [4.78, 5) is 33.2. The summed E-state index contributed by atoms with van der Waals surface area (Å²) in [5.41, 5.74) is 0.745. The Hall–Kier alpha value is -2.12. The molecule has 0 radical (unpaired) electrons. The SMILES string of the molecule is CSc1ccc(C(CC(=O)O)NC(=O)c2nc(C(C)C)ncc2Cl)cc1.